The molecule has 1 heterocycles. The first-order valence-corrected chi connectivity index (χ1v) is 11.3. The minimum atomic E-state index is 0.0111. The van der Waals surface area contributed by atoms with Crippen molar-refractivity contribution in [2.24, 2.45) is 0 Å². The van der Waals surface area contributed by atoms with Crippen molar-refractivity contribution in [2.45, 2.75) is 20.0 Å². The maximum Gasteiger partial charge on any atom is 0.170 e. The molecule has 0 aliphatic heterocycles. The highest BCUT2D eigenvalue weighted by Gasteiger charge is 2.20. The molecule has 5 rings (SSSR count). The van der Waals surface area contributed by atoms with Crippen LogP contribution in [-0.4, -0.2) is 32.4 Å². The van der Waals surface area contributed by atoms with Gasteiger partial charge in [0.25, 0.3) is 0 Å². The normalized spacial score (nSPS) is 11.4. The molecule has 0 bridgehead atoms. The summed E-state index contributed by atoms with van der Waals surface area (Å²) in [6.07, 6.45) is 1.88. The van der Waals surface area contributed by atoms with Crippen LogP contribution in [0, 0.1) is 0 Å². The Balaban J connectivity index is 1.89. The summed E-state index contributed by atoms with van der Waals surface area (Å²) in [7, 11) is 4.99. The molecule has 4 aromatic carbocycles. The highest BCUT2D eigenvalue weighted by atomic mass is 16.5. The molecule has 0 unspecified atom stereocenters. The van der Waals surface area contributed by atoms with Crippen molar-refractivity contribution in [2.75, 3.05) is 21.3 Å². The van der Waals surface area contributed by atoms with Gasteiger partial charge in [0.05, 0.1) is 33.0 Å². The van der Waals surface area contributed by atoms with E-state index >= 15 is 0 Å². The van der Waals surface area contributed by atoms with E-state index in [0.29, 0.717) is 23.0 Å². The summed E-state index contributed by atoms with van der Waals surface area (Å²) >= 11 is 0. The summed E-state index contributed by atoms with van der Waals surface area (Å²) in [6.45, 7) is 4.01. The fourth-order valence-electron chi connectivity index (χ4n) is 4.61. The van der Waals surface area contributed by atoms with Crippen LogP contribution in [-0.2, 0) is 0 Å². The number of aromatic nitrogens is 1. The third kappa shape index (κ3) is 3.45. The molecule has 0 N–H and O–H groups in total. The van der Waals surface area contributed by atoms with Gasteiger partial charge in [-0.3, -0.25) is 4.98 Å². The van der Waals surface area contributed by atoms with Gasteiger partial charge in [-0.1, -0.05) is 42.5 Å². The summed E-state index contributed by atoms with van der Waals surface area (Å²) in [4.78, 5) is 4.91. The maximum atomic E-state index is 6.13. The van der Waals surface area contributed by atoms with Crippen molar-refractivity contribution < 1.29 is 18.9 Å². The van der Waals surface area contributed by atoms with Crippen molar-refractivity contribution in [1.29, 1.82) is 0 Å². The maximum absolute atomic E-state index is 6.13. The minimum Gasteiger partial charge on any atom is -0.493 e. The topological polar surface area (TPSA) is 49.8 Å². The highest BCUT2D eigenvalue weighted by molar-refractivity contribution is 6.19. The summed E-state index contributed by atoms with van der Waals surface area (Å²) in [6, 6.07) is 20.5. The second kappa shape index (κ2) is 8.75. The Kier molecular flexibility index (Phi) is 5.62. The van der Waals surface area contributed by atoms with E-state index in [1.54, 1.807) is 21.3 Å². The van der Waals surface area contributed by atoms with Gasteiger partial charge in [0.15, 0.2) is 23.0 Å². The van der Waals surface area contributed by atoms with Crippen molar-refractivity contribution >= 4 is 32.4 Å². The molecule has 34 heavy (non-hydrogen) atoms. The SMILES string of the molecule is COc1cc2c(ccc3c4ccc(OC)c(OC(C)C)c4cnc23)c(-c2ccccc2)c1OC. The van der Waals surface area contributed by atoms with Crippen LogP contribution in [0.25, 0.3) is 43.6 Å². The van der Waals surface area contributed by atoms with Gasteiger partial charge in [-0.05, 0) is 48.4 Å². The molecular formula is C29H27NO4. The largest absolute Gasteiger partial charge is 0.493 e. The Morgan fingerprint density at radius 1 is 0.647 bits per heavy atom. The second-order valence-electron chi connectivity index (χ2n) is 8.39. The average Bonchev–Trinajstić information content (AvgIpc) is 2.87. The number of rotatable bonds is 6. The van der Waals surface area contributed by atoms with Crippen LogP contribution in [0.4, 0.5) is 0 Å². The van der Waals surface area contributed by atoms with Gasteiger partial charge in [-0.25, -0.2) is 0 Å². The van der Waals surface area contributed by atoms with Gasteiger partial charge < -0.3 is 18.9 Å². The molecule has 0 saturated carbocycles. The first-order valence-electron chi connectivity index (χ1n) is 11.3. The lowest BCUT2D eigenvalue weighted by Crippen LogP contribution is -2.07. The third-order valence-corrected chi connectivity index (χ3v) is 6.05. The monoisotopic (exact) mass is 453 g/mol. The number of fused-ring (bicyclic) bond motifs is 5. The molecular weight excluding hydrogens is 426 g/mol. The quantitative estimate of drug-likeness (QED) is 0.259. The van der Waals surface area contributed by atoms with Crippen LogP contribution in [0.2, 0.25) is 0 Å². The smallest absolute Gasteiger partial charge is 0.170 e. The van der Waals surface area contributed by atoms with E-state index in [9.17, 15) is 0 Å². The predicted octanol–water partition coefficient (Wildman–Crippen LogP) is 7.02. The van der Waals surface area contributed by atoms with E-state index in [-0.39, 0.29) is 6.10 Å². The van der Waals surface area contributed by atoms with Gasteiger partial charge >= 0.3 is 0 Å². The van der Waals surface area contributed by atoms with Crippen LogP contribution >= 0.6 is 0 Å². The number of nitrogens with zero attached hydrogens (tertiary/aromatic N) is 1. The van der Waals surface area contributed by atoms with Crippen molar-refractivity contribution in [3.05, 3.63) is 66.9 Å². The molecule has 0 atom stereocenters. The number of ether oxygens (including phenoxy) is 4. The molecule has 0 saturated heterocycles. The third-order valence-electron chi connectivity index (χ3n) is 6.05. The van der Waals surface area contributed by atoms with Crippen molar-refractivity contribution in [3.63, 3.8) is 0 Å². The number of benzene rings is 4. The molecule has 0 radical (unpaired) electrons. The lowest BCUT2D eigenvalue weighted by molar-refractivity contribution is 0.233. The number of pyridine rings is 1. The average molecular weight is 454 g/mol. The van der Waals surface area contributed by atoms with Gasteiger partial charge in [0.1, 0.15) is 0 Å². The molecule has 5 aromatic rings. The fourth-order valence-corrected chi connectivity index (χ4v) is 4.61. The molecule has 0 fully saturated rings. The Morgan fingerprint density at radius 2 is 1.35 bits per heavy atom. The van der Waals surface area contributed by atoms with Gasteiger partial charge in [-0.2, -0.15) is 0 Å². The second-order valence-corrected chi connectivity index (χ2v) is 8.39. The molecule has 5 nitrogen and oxygen atoms in total. The van der Waals surface area contributed by atoms with E-state index in [1.807, 2.05) is 50.4 Å². The lowest BCUT2D eigenvalue weighted by atomic mass is 9.93. The van der Waals surface area contributed by atoms with Crippen molar-refractivity contribution in [3.8, 4) is 34.1 Å². The van der Waals surface area contributed by atoms with Crippen molar-refractivity contribution in [1.82, 2.24) is 4.98 Å². The van der Waals surface area contributed by atoms with Crippen LogP contribution in [0.5, 0.6) is 23.0 Å². The molecule has 0 spiro atoms. The first kappa shape index (κ1) is 21.8. The van der Waals surface area contributed by atoms with Gasteiger partial charge in [0, 0.05) is 27.9 Å². The summed E-state index contributed by atoms with van der Waals surface area (Å²) in [5, 5.41) is 5.06. The first-order chi connectivity index (χ1) is 16.6. The van der Waals surface area contributed by atoms with Crippen LogP contribution < -0.4 is 18.9 Å². The van der Waals surface area contributed by atoms with E-state index in [1.165, 1.54) is 0 Å². The predicted molar refractivity (Wildman–Crippen MR) is 138 cm³/mol. The molecule has 0 aliphatic rings. The fraction of sp³-hybridized carbons (Fsp3) is 0.207. The number of methoxy groups -OCH3 is 3. The lowest BCUT2D eigenvalue weighted by Gasteiger charge is -2.19. The Hall–Kier alpha value is -3.99. The van der Waals surface area contributed by atoms with E-state index in [4.69, 9.17) is 23.9 Å². The summed E-state index contributed by atoms with van der Waals surface area (Å²) in [5.41, 5.74) is 2.93. The Labute approximate surface area is 198 Å². The Bertz CT molecular complexity index is 1510. The van der Waals surface area contributed by atoms with E-state index in [2.05, 4.69) is 30.3 Å². The number of hydrogen-bond acceptors (Lipinski definition) is 5. The van der Waals surface area contributed by atoms with E-state index < -0.39 is 0 Å². The molecule has 1 aromatic heterocycles. The van der Waals surface area contributed by atoms with Crippen LogP contribution in [0.3, 0.4) is 0 Å². The standard InChI is InChI=1S/C29H27NO4/c1-17(2)34-28-23-16-30-27-21(19(23)13-14-24(28)31-3)12-11-20-22(27)15-25(32-4)29(33-5)26(20)18-9-7-6-8-10-18/h6-17H,1-5H3. The highest BCUT2D eigenvalue weighted by Crippen LogP contribution is 2.46. The van der Waals surface area contributed by atoms with E-state index in [0.717, 1.165) is 43.6 Å². The zero-order valence-corrected chi connectivity index (χ0v) is 20.0. The van der Waals surface area contributed by atoms with Crippen LogP contribution in [0.1, 0.15) is 13.8 Å². The number of hydrogen-bond donors (Lipinski definition) is 0. The molecule has 0 aliphatic carbocycles. The summed E-state index contributed by atoms with van der Waals surface area (Å²) < 4.78 is 23.3. The van der Waals surface area contributed by atoms with Gasteiger partial charge in [0.2, 0.25) is 0 Å². The minimum absolute atomic E-state index is 0.0111. The van der Waals surface area contributed by atoms with Gasteiger partial charge in [-0.15, -0.1) is 0 Å². The summed E-state index contributed by atoms with van der Waals surface area (Å²) in [5.74, 6) is 2.78. The molecule has 5 heteroatoms. The molecule has 0 amide bonds. The zero-order valence-electron chi connectivity index (χ0n) is 20.0. The Morgan fingerprint density at radius 3 is 2.03 bits per heavy atom. The van der Waals surface area contributed by atoms with Crippen LogP contribution in [0.15, 0.2) is 66.9 Å². The molecule has 172 valence electrons. The zero-order chi connectivity index (χ0) is 23.8.